The molecule has 0 aliphatic heterocycles. The normalized spacial score (nSPS) is 10.1. The van der Waals surface area contributed by atoms with Crippen molar-refractivity contribution >= 4 is 39.1 Å². The SMILES string of the molecule is COc1ccc(NC(=O)c2ccc(Br)nc2)cc1Cl. The highest BCUT2D eigenvalue weighted by molar-refractivity contribution is 9.10. The molecule has 98 valence electrons. The van der Waals surface area contributed by atoms with Crippen LogP contribution in [0.2, 0.25) is 5.02 Å². The number of aromatic nitrogens is 1. The Bertz CT molecular complexity index is 602. The fourth-order valence-electron chi connectivity index (χ4n) is 1.46. The van der Waals surface area contributed by atoms with E-state index in [1.54, 1.807) is 30.3 Å². The van der Waals surface area contributed by atoms with E-state index < -0.39 is 0 Å². The molecule has 0 saturated carbocycles. The average Bonchev–Trinajstić information content (AvgIpc) is 2.39. The number of carbonyl (C=O) groups is 1. The lowest BCUT2D eigenvalue weighted by atomic mass is 10.2. The van der Waals surface area contributed by atoms with Crippen molar-refractivity contribution in [2.45, 2.75) is 0 Å². The summed E-state index contributed by atoms with van der Waals surface area (Å²) in [5.74, 6) is 0.311. The van der Waals surface area contributed by atoms with E-state index in [9.17, 15) is 4.79 Å². The number of hydrogen-bond donors (Lipinski definition) is 1. The number of nitrogens with zero attached hydrogens (tertiary/aromatic N) is 1. The molecule has 19 heavy (non-hydrogen) atoms. The van der Waals surface area contributed by atoms with E-state index in [1.165, 1.54) is 13.3 Å². The van der Waals surface area contributed by atoms with Crippen molar-refractivity contribution in [1.29, 1.82) is 0 Å². The summed E-state index contributed by atoms with van der Waals surface area (Å²) in [5.41, 5.74) is 1.06. The molecule has 6 heteroatoms. The number of halogens is 2. The van der Waals surface area contributed by atoms with Gasteiger partial charge in [-0.15, -0.1) is 0 Å². The average molecular weight is 342 g/mol. The molecule has 0 bridgehead atoms. The molecule has 0 aliphatic rings. The van der Waals surface area contributed by atoms with Crippen molar-refractivity contribution in [1.82, 2.24) is 4.98 Å². The van der Waals surface area contributed by atoms with Gasteiger partial charge in [-0.1, -0.05) is 11.6 Å². The van der Waals surface area contributed by atoms with Crippen LogP contribution in [-0.4, -0.2) is 18.0 Å². The van der Waals surface area contributed by atoms with Gasteiger partial charge in [0.05, 0.1) is 17.7 Å². The van der Waals surface area contributed by atoms with Crippen LogP contribution < -0.4 is 10.1 Å². The second kappa shape index (κ2) is 6.04. The molecule has 2 rings (SSSR count). The maximum atomic E-state index is 12.0. The third kappa shape index (κ3) is 3.45. The molecule has 1 heterocycles. The summed E-state index contributed by atoms with van der Waals surface area (Å²) >= 11 is 9.20. The standard InChI is InChI=1S/C13H10BrClN2O2/c1-19-11-4-3-9(6-10(11)15)17-13(18)8-2-5-12(14)16-7-8/h2-7H,1H3,(H,17,18). The zero-order chi connectivity index (χ0) is 13.8. The second-order valence-corrected chi connectivity index (χ2v) is 4.89. The van der Waals surface area contributed by atoms with Gasteiger partial charge in [0, 0.05) is 11.9 Å². The second-order valence-electron chi connectivity index (χ2n) is 3.67. The van der Waals surface area contributed by atoms with Crippen molar-refractivity contribution in [3.8, 4) is 5.75 Å². The van der Waals surface area contributed by atoms with Crippen LogP contribution in [0.5, 0.6) is 5.75 Å². The van der Waals surface area contributed by atoms with Crippen molar-refractivity contribution in [3.63, 3.8) is 0 Å². The van der Waals surface area contributed by atoms with Crippen LogP contribution in [0.1, 0.15) is 10.4 Å². The largest absolute Gasteiger partial charge is 0.495 e. The van der Waals surface area contributed by atoms with Gasteiger partial charge in [0.25, 0.3) is 5.91 Å². The van der Waals surface area contributed by atoms with Gasteiger partial charge in [0.2, 0.25) is 0 Å². The quantitative estimate of drug-likeness (QED) is 0.865. The minimum atomic E-state index is -0.249. The first-order valence-corrected chi connectivity index (χ1v) is 6.53. The Morgan fingerprint density at radius 1 is 1.37 bits per heavy atom. The fraction of sp³-hybridized carbons (Fsp3) is 0.0769. The molecule has 4 nitrogen and oxygen atoms in total. The highest BCUT2D eigenvalue weighted by Crippen LogP contribution is 2.27. The van der Waals surface area contributed by atoms with Crippen molar-refractivity contribution < 1.29 is 9.53 Å². The third-order valence-electron chi connectivity index (χ3n) is 2.40. The van der Waals surface area contributed by atoms with Crippen molar-refractivity contribution in [2.24, 2.45) is 0 Å². The predicted octanol–water partition coefficient (Wildman–Crippen LogP) is 3.76. The maximum Gasteiger partial charge on any atom is 0.257 e. The maximum absolute atomic E-state index is 12.0. The molecule has 2 aromatic rings. The minimum absolute atomic E-state index is 0.249. The minimum Gasteiger partial charge on any atom is -0.495 e. The molecule has 0 aliphatic carbocycles. The van der Waals surface area contributed by atoms with Crippen LogP contribution in [-0.2, 0) is 0 Å². The van der Waals surface area contributed by atoms with Crippen LogP contribution in [0.4, 0.5) is 5.69 Å². The zero-order valence-electron chi connectivity index (χ0n) is 9.98. The summed E-state index contributed by atoms with van der Waals surface area (Å²) in [6, 6.07) is 8.42. The third-order valence-corrected chi connectivity index (χ3v) is 3.16. The number of methoxy groups -OCH3 is 1. The van der Waals surface area contributed by atoms with Crippen molar-refractivity contribution in [2.75, 3.05) is 12.4 Å². The topological polar surface area (TPSA) is 51.2 Å². The Kier molecular flexibility index (Phi) is 4.39. The molecule has 0 fully saturated rings. The summed E-state index contributed by atoms with van der Waals surface area (Å²) in [4.78, 5) is 15.9. The molecular formula is C13H10BrClN2O2. The summed E-state index contributed by atoms with van der Waals surface area (Å²) < 4.78 is 5.72. The Labute approximate surface area is 123 Å². The number of carbonyl (C=O) groups excluding carboxylic acids is 1. The number of rotatable bonds is 3. The van der Waals surface area contributed by atoms with E-state index >= 15 is 0 Å². The number of ether oxygens (including phenoxy) is 1. The van der Waals surface area contributed by atoms with Gasteiger partial charge in [0.15, 0.2) is 0 Å². The molecule has 0 atom stereocenters. The summed E-state index contributed by atoms with van der Waals surface area (Å²) in [7, 11) is 1.53. The van der Waals surface area contributed by atoms with Crippen molar-refractivity contribution in [3.05, 3.63) is 51.7 Å². The van der Waals surface area contributed by atoms with Gasteiger partial charge in [-0.05, 0) is 46.3 Å². The number of anilines is 1. The first-order chi connectivity index (χ1) is 9.10. The monoisotopic (exact) mass is 340 g/mol. The molecule has 1 amide bonds. The lowest BCUT2D eigenvalue weighted by molar-refractivity contribution is 0.102. The Morgan fingerprint density at radius 3 is 2.74 bits per heavy atom. The molecule has 1 aromatic heterocycles. The van der Waals surface area contributed by atoms with Crippen LogP contribution in [0.15, 0.2) is 41.1 Å². The number of benzene rings is 1. The Morgan fingerprint density at radius 2 is 2.16 bits per heavy atom. The highest BCUT2D eigenvalue weighted by Gasteiger charge is 2.08. The lowest BCUT2D eigenvalue weighted by Crippen LogP contribution is -2.12. The first-order valence-electron chi connectivity index (χ1n) is 5.36. The van der Waals surface area contributed by atoms with Gasteiger partial charge >= 0.3 is 0 Å². The molecular weight excluding hydrogens is 332 g/mol. The summed E-state index contributed by atoms with van der Waals surface area (Å²) in [6.07, 6.45) is 1.49. The van der Waals surface area contributed by atoms with E-state index in [1.807, 2.05) is 0 Å². The van der Waals surface area contributed by atoms with E-state index in [0.29, 0.717) is 26.6 Å². The number of amides is 1. The van der Waals surface area contributed by atoms with Gasteiger partial charge < -0.3 is 10.1 Å². The van der Waals surface area contributed by atoms with Gasteiger partial charge in [-0.3, -0.25) is 4.79 Å². The van der Waals surface area contributed by atoms with Crippen LogP contribution >= 0.6 is 27.5 Å². The van der Waals surface area contributed by atoms with Gasteiger partial charge in [-0.2, -0.15) is 0 Å². The molecule has 0 saturated heterocycles. The lowest BCUT2D eigenvalue weighted by Gasteiger charge is -2.08. The molecule has 1 aromatic carbocycles. The van der Waals surface area contributed by atoms with Crippen LogP contribution in [0.25, 0.3) is 0 Å². The van der Waals surface area contributed by atoms with E-state index in [4.69, 9.17) is 16.3 Å². The molecule has 0 radical (unpaired) electrons. The fourth-order valence-corrected chi connectivity index (χ4v) is 1.95. The Hall–Kier alpha value is -1.59. The van der Waals surface area contributed by atoms with Crippen LogP contribution in [0.3, 0.4) is 0 Å². The predicted molar refractivity (Wildman–Crippen MR) is 77.9 cm³/mol. The summed E-state index contributed by atoms with van der Waals surface area (Å²) in [6.45, 7) is 0. The Balaban J connectivity index is 2.14. The highest BCUT2D eigenvalue weighted by atomic mass is 79.9. The van der Waals surface area contributed by atoms with E-state index in [2.05, 4.69) is 26.2 Å². The van der Waals surface area contributed by atoms with Gasteiger partial charge in [-0.25, -0.2) is 4.98 Å². The van der Waals surface area contributed by atoms with E-state index in [-0.39, 0.29) is 5.91 Å². The van der Waals surface area contributed by atoms with Gasteiger partial charge in [0.1, 0.15) is 10.4 Å². The zero-order valence-corrected chi connectivity index (χ0v) is 12.3. The molecule has 0 unspecified atom stereocenters. The van der Waals surface area contributed by atoms with Crippen LogP contribution in [0, 0.1) is 0 Å². The molecule has 1 N–H and O–H groups in total. The number of nitrogens with one attached hydrogen (secondary N) is 1. The number of pyridine rings is 1. The smallest absolute Gasteiger partial charge is 0.257 e. The number of hydrogen-bond acceptors (Lipinski definition) is 3. The molecule has 0 spiro atoms. The van der Waals surface area contributed by atoms with E-state index in [0.717, 1.165) is 0 Å². The summed E-state index contributed by atoms with van der Waals surface area (Å²) in [5, 5.41) is 3.17. The first kappa shape index (κ1) is 13.8.